The van der Waals surface area contributed by atoms with E-state index in [1.165, 1.54) is 35.6 Å². The number of nitrogens with zero attached hydrogens (tertiary/aromatic N) is 2. The number of halogens is 1. The van der Waals surface area contributed by atoms with Crippen molar-refractivity contribution in [3.63, 3.8) is 0 Å². The van der Waals surface area contributed by atoms with E-state index in [1.54, 1.807) is 0 Å². The van der Waals surface area contributed by atoms with Gasteiger partial charge in [0.1, 0.15) is 0 Å². The lowest BCUT2D eigenvalue weighted by molar-refractivity contribution is 0.452. The molecule has 1 aromatic heterocycles. The highest BCUT2D eigenvalue weighted by Crippen LogP contribution is 2.61. The Morgan fingerprint density at radius 3 is 2.70 bits per heavy atom. The van der Waals surface area contributed by atoms with Crippen molar-refractivity contribution < 1.29 is 0 Å². The van der Waals surface area contributed by atoms with E-state index in [1.807, 2.05) is 17.5 Å². The molecule has 3 rings (SSSR count). The zero-order chi connectivity index (χ0) is 15.4. The minimum absolute atomic E-state index is 0. The topological polar surface area (TPSA) is 49.3 Å². The summed E-state index contributed by atoms with van der Waals surface area (Å²) < 4.78 is 0. The van der Waals surface area contributed by atoms with E-state index in [0.717, 1.165) is 44.4 Å². The van der Waals surface area contributed by atoms with Gasteiger partial charge in [-0.15, -0.1) is 35.3 Å². The maximum Gasteiger partial charge on any atom is 0.191 e. The monoisotopic (exact) mass is 448 g/mol. The van der Waals surface area contributed by atoms with Crippen LogP contribution in [0.1, 0.15) is 49.4 Å². The molecule has 0 aliphatic heterocycles. The number of nitrogens with one attached hydrogen (secondary N) is 2. The van der Waals surface area contributed by atoms with E-state index in [4.69, 9.17) is 4.99 Å². The van der Waals surface area contributed by atoms with Crippen LogP contribution in [0.4, 0.5) is 0 Å². The van der Waals surface area contributed by atoms with Gasteiger partial charge in [-0.2, -0.15) is 0 Å². The Bertz CT molecular complexity index is 520. The van der Waals surface area contributed by atoms with E-state index in [-0.39, 0.29) is 24.0 Å². The Morgan fingerprint density at radius 1 is 1.35 bits per heavy atom. The van der Waals surface area contributed by atoms with Crippen LogP contribution in [-0.4, -0.2) is 30.6 Å². The molecule has 2 aliphatic rings. The van der Waals surface area contributed by atoms with Crippen molar-refractivity contribution in [3.8, 4) is 0 Å². The quantitative estimate of drug-likeness (QED) is 0.363. The van der Waals surface area contributed by atoms with Gasteiger partial charge in [-0.3, -0.25) is 4.99 Å². The van der Waals surface area contributed by atoms with Crippen molar-refractivity contribution in [1.82, 2.24) is 15.6 Å². The summed E-state index contributed by atoms with van der Waals surface area (Å²) >= 11 is 1.83. The number of aryl methyl sites for hydroxylation is 1. The van der Waals surface area contributed by atoms with Gasteiger partial charge in [-0.1, -0.05) is 6.92 Å². The van der Waals surface area contributed by atoms with Gasteiger partial charge in [-0.05, 0) is 50.4 Å². The predicted molar refractivity (Wildman–Crippen MR) is 109 cm³/mol. The summed E-state index contributed by atoms with van der Waals surface area (Å²) in [4.78, 5) is 10.7. The lowest BCUT2D eigenvalue weighted by Gasteiger charge is -2.14. The standard InChI is InChI=1S/C17H28N4S.HI/c1-3-14-11-20-15(22-14)7-10-19-16(18-4-2)21-12-17(8-9-17)13-5-6-13;/h11,13H,3-10,12H2,1-2H3,(H2,18,19,21);1H. The van der Waals surface area contributed by atoms with Crippen LogP contribution in [-0.2, 0) is 12.8 Å². The van der Waals surface area contributed by atoms with Crippen LogP contribution in [0, 0.1) is 11.3 Å². The van der Waals surface area contributed by atoms with E-state index in [2.05, 4.69) is 29.5 Å². The summed E-state index contributed by atoms with van der Waals surface area (Å²) in [6, 6.07) is 0. The van der Waals surface area contributed by atoms with Gasteiger partial charge in [0.15, 0.2) is 5.96 Å². The number of thiazole rings is 1. The fourth-order valence-electron chi connectivity index (χ4n) is 3.04. The molecule has 0 atom stereocenters. The second-order valence-electron chi connectivity index (χ2n) is 6.58. The summed E-state index contributed by atoms with van der Waals surface area (Å²) in [5.74, 6) is 1.95. The summed E-state index contributed by atoms with van der Waals surface area (Å²) in [6.45, 7) is 7.13. The molecule has 2 saturated carbocycles. The fourth-order valence-corrected chi connectivity index (χ4v) is 3.91. The molecule has 1 aromatic rings. The Hall–Kier alpha value is -0.370. The number of hydrogen-bond donors (Lipinski definition) is 2. The highest BCUT2D eigenvalue weighted by Gasteiger charge is 2.53. The lowest BCUT2D eigenvalue weighted by Crippen LogP contribution is -2.38. The number of aliphatic imine (C=N–C) groups is 1. The molecular weight excluding hydrogens is 419 g/mol. The summed E-state index contributed by atoms with van der Waals surface area (Å²) in [5, 5.41) is 8.05. The molecule has 0 radical (unpaired) electrons. The predicted octanol–water partition coefficient (Wildman–Crippen LogP) is 3.61. The summed E-state index contributed by atoms with van der Waals surface area (Å²) in [5.41, 5.74) is 0.577. The highest BCUT2D eigenvalue weighted by atomic mass is 127. The molecular formula is C17H29IN4S. The first-order valence-electron chi connectivity index (χ1n) is 8.71. The zero-order valence-corrected chi connectivity index (χ0v) is 17.4. The fraction of sp³-hybridized carbons (Fsp3) is 0.765. The Balaban J connectivity index is 0.00000192. The Kier molecular flexibility index (Phi) is 7.13. The minimum atomic E-state index is 0. The largest absolute Gasteiger partial charge is 0.357 e. The number of aromatic nitrogens is 1. The first kappa shape index (κ1) is 19.0. The molecule has 6 heteroatoms. The van der Waals surface area contributed by atoms with Crippen molar-refractivity contribution >= 4 is 41.3 Å². The zero-order valence-electron chi connectivity index (χ0n) is 14.2. The van der Waals surface area contributed by atoms with Crippen LogP contribution in [0.15, 0.2) is 11.2 Å². The Labute approximate surface area is 161 Å². The van der Waals surface area contributed by atoms with Crippen LogP contribution in [0.5, 0.6) is 0 Å². The minimum Gasteiger partial charge on any atom is -0.357 e. The SMILES string of the molecule is CCNC(=NCC1(C2CC2)CC1)NCCc1ncc(CC)s1.I. The molecule has 0 spiro atoms. The van der Waals surface area contributed by atoms with Crippen LogP contribution < -0.4 is 10.6 Å². The first-order chi connectivity index (χ1) is 10.8. The van der Waals surface area contributed by atoms with E-state index in [9.17, 15) is 0 Å². The van der Waals surface area contributed by atoms with E-state index >= 15 is 0 Å². The molecule has 0 saturated heterocycles. The molecule has 2 fully saturated rings. The van der Waals surface area contributed by atoms with Crippen LogP contribution in [0.2, 0.25) is 0 Å². The van der Waals surface area contributed by atoms with Crippen molar-refractivity contribution in [3.05, 3.63) is 16.1 Å². The molecule has 23 heavy (non-hydrogen) atoms. The Morgan fingerprint density at radius 2 is 2.13 bits per heavy atom. The highest BCUT2D eigenvalue weighted by molar-refractivity contribution is 14.0. The van der Waals surface area contributed by atoms with Crippen LogP contribution in [0.25, 0.3) is 0 Å². The third-order valence-electron chi connectivity index (χ3n) is 4.81. The van der Waals surface area contributed by atoms with Crippen molar-refractivity contribution in [1.29, 1.82) is 0 Å². The second-order valence-corrected chi connectivity index (χ2v) is 7.78. The molecule has 2 N–H and O–H groups in total. The van der Waals surface area contributed by atoms with Gasteiger partial charge in [0, 0.05) is 37.1 Å². The normalized spacial score (nSPS) is 19.1. The molecule has 130 valence electrons. The first-order valence-corrected chi connectivity index (χ1v) is 9.53. The molecule has 0 aromatic carbocycles. The molecule has 2 aliphatic carbocycles. The van der Waals surface area contributed by atoms with Crippen molar-refractivity contribution in [2.24, 2.45) is 16.3 Å². The van der Waals surface area contributed by atoms with Gasteiger partial charge in [0.2, 0.25) is 0 Å². The second kappa shape index (κ2) is 8.65. The molecule has 0 bridgehead atoms. The number of rotatable bonds is 8. The number of hydrogen-bond acceptors (Lipinski definition) is 3. The average molecular weight is 448 g/mol. The summed E-state index contributed by atoms with van der Waals surface area (Å²) in [7, 11) is 0. The van der Waals surface area contributed by atoms with Crippen molar-refractivity contribution in [2.75, 3.05) is 19.6 Å². The maximum atomic E-state index is 4.84. The average Bonchev–Trinajstić information content (AvgIpc) is 3.43. The van der Waals surface area contributed by atoms with Gasteiger partial charge in [-0.25, -0.2) is 4.98 Å². The van der Waals surface area contributed by atoms with Gasteiger partial charge >= 0.3 is 0 Å². The lowest BCUT2D eigenvalue weighted by atomic mass is 10.0. The van der Waals surface area contributed by atoms with Crippen LogP contribution in [0.3, 0.4) is 0 Å². The smallest absolute Gasteiger partial charge is 0.191 e. The van der Waals surface area contributed by atoms with Crippen LogP contribution >= 0.6 is 35.3 Å². The maximum absolute atomic E-state index is 4.84. The van der Waals surface area contributed by atoms with Crippen molar-refractivity contribution in [2.45, 2.75) is 52.4 Å². The summed E-state index contributed by atoms with van der Waals surface area (Å²) in [6.07, 6.45) is 9.71. The number of guanidine groups is 1. The third-order valence-corrected chi connectivity index (χ3v) is 6.01. The van der Waals surface area contributed by atoms with Gasteiger partial charge in [0.25, 0.3) is 0 Å². The molecule has 4 nitrogen and oxygen atoms in total. The third kappa shape index (κ3) is 5.31. The van der Waals surface area contributed by atoms with Gasteiger partial charge < -0.3 is 10.6 Å². The van der Waals surface area contributed by atoms with E-state index < -0.39 is 0 Å². The molecule has 1 heterocycles. The van der Waals surface area contributed by atoms with E-state index in [0.29, 0.717) is 5.41 Å². The van der Waals surface area contributed by atoms with Gasteiger partial charge in [0.05, 0.1) is 5.01 Å². The molecule has 0 amide bonds. The molecule has 0 unspecified atom stereocenters.